The highest BCUT2D eigenvalue weighted by molar-refractivity contribution is 5.92. The summed E-state index contributed by atoms with van der Waals surface area (Å²) >= 11 is 0. The lowest BCUT2D eigenvalue weighted by Gasteiger charge is -2.11. The van der Waals surface area contributed by atoms with Gasteiger partial charge in [-0.15, -0.1) is 0 Å². The van der Waals surface area contributed by atoms with E-state index >= 15 is 0 Å². The van der Waals surface area contributed by atoms with Crippen molar-refractivity contribution in [2.24, 2.45) is 0 Å². The van der Waals surface area contributed by atoms with Crippen LogP contribution in [-0.2, 0) is 6.54 Å². The first kappa shape index (κ1) is 18.3. The normalized spacial score (nSPS) is 10.5. The maximum Gasteiger partial charge on any atom is 0.270 e. The minimum Gasteiger partial charge on any atom is -0.491 e. The van der Waals surface area contributed by atoms with E-state index in [9.17, 15) is 4.79 Å². The summed E-state index contributed by atoms with van der Waals surface area (Å²) in [5, 5.41) is 5.95. The monoisotopic (exact) mass is 363 g/mol. The fourth-order valence-electron chi connectivity index (χ4n) is 2.35. The highest BCUT2D eigenvalue weighted by Crippen LogP contribution is 2.19. The zero-order valence-electron chi connectivity index (χ0n) is 15.2. The van der Waals surface area contributed by atoms with Crippen LogP contribution in [0.25, 0.3) is 0 Å². The Labute approximate surface area is 157 Å². The van der Waals surface area contributed by atoms with Gasteiger partial charge in [0.05, 0.1) is 18.3 Å². The molecule has 0 atom stereocenters. The average Bonchev–Trinajstić information content (AvgIpc) is 2.68. The van der Waals surface area contributed by atoms with Crippen LogP contribution in [0.1, 0.15) is 30.0 Å². The zero-order valence-corrected chi connectivity index (χ0v) is 15.2. The van der Waals surface area contributed by atoms with Gasteiger partial charge in [0.1, 0.15) is 23.6 Å². The molecule has 1 amide bonds. The lowest BCUT2D eigenvalue weighted by Crippen LogP contribution is -2.24. The molecule has 7 nitrogen and oxygen atoms in total. The summed E-state index contributed by atoms with van der Waals surface area (Å²) in [5.74, 6) is 1.05. The van der Waals surface area contributed by atoms with Crippen LogP contribution in [0, 0.1) is 0 Å². The average molecular weight is 363 g/mol. The molecule has 0 aliphatic heterocycles. The number of hydrogen-bond acceptors (Lipinski definition) is 6. The Morgan fingerprint density at radius 2 is 1.89 bits per heavy atom. The summed E-state index contributed by atoms with van der Waals surface area (Å²) in [6, 6.07) is 14.7. The summed E-state index contributed by atoms with van der Waals surface area (Å²) in [6.07, 6.45) is 3.16. The van der Waals surface area contributed by atoms with Gasteiger partial charge in [0, 0.05) is 18.0 Å². The second-order valence-electron chi connectivity index (χ2n) is 6.11. The molecular weight excluding hydrogens is 342 g/mol. The van der Waals surface area contributed by atoms with Crippen LogP contribution in [0.3, 0.4) is 0 Å². The van der Waals surface area contributed by atoms with Crippen molar-refractivity contribution in [2.45, 2.75) is 26.5 Å². The van der Waals surface area contributed by atoms with Crippen molar-refractivity contribution in [1.82, 2.24) is 20.3 Å². The largest absolute Gasteiger partial charge is 0.491 e. The molecule has 1 aromatic carbocycles. The predicted molar refractivity (Wildman–Crippen MR) is 103 cm³/mol. The Morgan fingerprint density at radius 3 is 2.59 bits per heavy atom. The molecule has 0 radical (unpaired) electrons. The Hall–Kier alpha value is -3.48. The summed E-state index contributed by atoms with van der Waals surface area (Å²) < 4.78 is 5.62. The fourth-order valence-corrected chi connectivity index (χ4v) is 2.35. The number of pyridine rings is 1. The third-order valence-corrected chi connectivity index (χ3v) is 3.55. The molecule has 0 bridgehead atoms. The minimum absolute atomic E-state index is 0.123. The number of carbonyl (C=O) groups excluding carboxylic acids is 1. The molecule has 27 heavy (non-hydrogen) atoms. The van der Waals surface area contributed by atoms with E-state index in [1.165, 1.54) is 6.33 Å². The second kappa shape index (κ2) is 8.75. The van der Waals surface area contributed by atoms with Crippen LogP contribution >= 0.6 is 0 Å². The number of aromatic nitrogens is 3. The van der Waals surface area contributed by atoms with Crippen LogP contribution in [0.5, 0.6) is 5.75 Å². The van der Waals surface area contributed by atoms with E-state index in [0.29, 0.717) is 12.4 Å². The molecule has 0 saturated carbocycles. The first-order valence-corrected chi connectivity index (χ1v) is 8.64. The smallest absolute Gasteiger partial charge is 0.270 e. The van der Waals surface area contributed by atoms with Crippen LogP contribution < -0.4 is 15.4 Å². The molecule has 0 aliphatic rings. The molecule has 7 heteroatoms. The SMILES string of the molecule is CC(C)Oc1ccc(Nc2cc(C(=O)NCc3ccccn3)ncn2)cc1. The molecule has 0 spiro atoms. The van der Waals surface area contributed by atoms with Gasteiger partial charge in [-0.2, -0.15) is 0 Å². The minimum atomic E-state index is -0.285. The van der Waals surface area contributed by atoms with Crippen molar-refractivity contribution in [3.8, 4) is 5.75 Å². The predicted octanol–water partition coefficient (Wildman–Crippen LogP) is 3.33. The van der Waals surface area contributed by atoms with E-state index < -0.39 is 0 Å². The van der Waals surface area contributed by atoms with E-state index in [0.717, 1.165) is 17.1 Å². The van der Waals surface area contributed by atoms with Gasteiger partial charge < -0.3 is 15.4 Å². The molecule has 3 aromatic rings. The highest BCUT2D eigenvalue weighted by Gasteiger charge is 2.09. The topological polar surface area (TPSA) is 89.0 Å². The number of hydrogen-bond donors (Lipinski definition) is 2. The Morgan fingerprint density at radius 1 is 1.07 bits per heavy atom. The molecular formula is C20H21N5O2. The van der Waals surface area contributed by atoms with Crippen molar-refractivity contribution >= 4 is 17.4 Å². The molecule has 2 heterocycles. The molecule has 3 rings (SSSR count). The Bertz CT molecular complexity index is 882. The van der Waals surface area contributed by atoms with Gasteiger partial charge in [0.2, 0.25) is 0 Å². The van der Waals surface area contributed by atoms with Gasteiger partial charge >= 0.3 is 0 Å². The number of ether oxygens (including phenoxy) is 1. The number of benzene rings is 1. The fraction of sp³-hybridized carbons (Fsp3) is 0.200. The van der Waals surface area contributed by atoms with Crippen LogP contribution in [-0.4, -0.2) is 27.0 Å². The second-order valence-corrected chi connectivity index (χ2v) is 6.11. The third kappa shape index (κ3) is 5.50. The molecule has 0 fully saturated rings. The molecule has 2 aromatic heterocycles. The van der Waals surface area contributed by atoms with Crippen molar-refractivity contribution in [3.05, 3.63) is 72.4 Å². The summed E-state index contributed by atoms with van der Waals surface area (Å²) in [5.41, 5.74) is 1.90. The molecule has 138 valence electrons. The number of amides is 1. The van der Waals surface area contributed by atoms with E-state index in [2.05, 4.69) is 25.6 Å². The van der Waals surface area contributed by atoms with Crippen molar-refractivity contribution < 1.29 is 9.53 Å². The quantitative estimate of drug-likeness (QED) is 0.669. The van der Waals surface area contributed by atoms with E-state index in [-0.39, 0.29) is 17.7 Å². The molecule has 0 aliphatic carbocycles. The van der Waals surface area contributed by atoms with Crippen molar-refractivity contribution in [2.75, 3.05) is 5.32 Å². The van der Waals surface area contributed by atoms with Gasteiger partial charge in [-0.05, 0) is 50.2 Å². The highest BCUT2D eigenvalue weighted by atomic mass is 16.5. The molecule has 0 unspecified atom stereocenters. The summed E-state index contributed by atoms with van der Waals surface area (Å²) in [6.45, 7) is 4.30. The Kier molecular flexibility index (Phi) is 5.94. The zero-order chi connectivity index (χ0) is 19.1. The van der Waals surface area contributed by atoms with Gasteiger partial charge in [-0.3, -0.25) is 9.78 Å². The van der Waals surface area contributed by atoms with E-state index in [4.69, 9.17) is 4.74 Å². The van der Waals surface area contributed by atoms with Gasteiger partial charge in [0.25, 0.3) is 5.91 Å². The number of carbonyl (C=O) groups is 1. The lowest BCUT2D eigenvalue weighted by molar-refractivity contribution is 0.0945. The lowest BCUT2D eigenvalue weighted by atomic mass is 10.3. The van der Waals surface area contributed by atoms with Gasteiger partial charge in [0.15, 0.2) is 0 Å². The Balaban J connectivity index is 1.62. The van der Waals surface area contributed by atoms with Crippen LogP contribution in [0.2, 0.25) is 0 Å². The number of nitrogens with one attached hydrogen (secondary N) is 2. The van der Waals surface area contributed by atoms with Crippen LogP contribution in [0.4, 0.5) is 11.5 Å². The van der Waals surface area contributed by atoms with E-state index in [1.807, 2.05) is 56.3 Å². The summed E-state index contributed by atoms with van der Waals surface area (Å²) in [4.78, 5) is 24.7. The van der Waals surface area contributed by atoms with E-state index in [1.54, 1.807) is 12.3 Å². The van der Waals surface area contributed by atoms with Crippen molar-refractivity contribution in [3.63, 3.8) is 0 Å². The first-order valence-electron chi connectivity index (χ1n) is 8.64. The number of rotatable bonds is 7. The maximum absolute atomic E-state index is 12.3. The number of anilines is 2. The first-order chi connectivity index (χ1) is 13.1. The van der Waals surface area contributed by atoms with Gasteiger partial charge in [-0.1, -0.05) is 6.07 Å². The molecule has 0 saturated heterocycles. The summed E-state index contributed by atoms with van der Waals surface area (Å²) in [7, 11) is 0. The molecule has 2 N–H and O–H groups in total. The standard InChI is InChI=1S/C20H21N5O2/c1-14(2)27-17-8-6-15(7-9-17)25-19-11-18(23-13-24-19)20(26)22-12-16-5-3-4-10-21-16/h3-11,13-14H,12H2,1-2H3,(H,22,26)(H,23,24,25). The maximum atomic E-state index is 12.3. The van der Waals surface area contributed by atoms with Gasteiger partial charge in [-0.25, -0.2) is 9.97 Å². The van der Waals surface area contributed by atoms with Crippen LogP contribution in [0.15, 0.2) is 61.1 Å². The van der Waals surface area contributed by atoms with Crippen molar-refractivity contribution in [1.29, 1.82) is 0 Å². The third-order valence-electron chi connectivity index (χ3n) is 3.55. The number of nitrogens with zero attached hydrogens (tertiary/aromatic N) is 3.